The van der Waals surface area contributed by atoms with Gasteiger partial charge in [0.15, 0.2) is 0 Å². The van der Waals surface area contributed by atoms with Gasteiger partial charge in [-0.15, -0.1) is 19.0 Å². The van der Waals surface area contributed by atoms with Crippen molar-refractivity contribution >= 4 is 12.4 Å². The fourth-order valence-electron chi connectivity index (χ4n) is 2.15. The summed E-state index contributed by atoms with van der Waals surface area (Å²) in [6, 6.07) is 6.93. The summed E-state index contributed by atoms with van der Waals surface area (Å²) in [5, 5.41) is 3.29. The molecule has 1 aromatic rings. The van der Waals surface area contributed by atoms with E-state index in [0.29, 0.717) is 0 Å². The van der Waals surface area contributed by atoms with Gasteiger partial charge in [-0.3, -0.25) is 4.90 Å². The normalized spacial score (nSPS) is 18.2. The average molecular weight is 257 g/mol. The number of halogens is 2. The summed E-state index contributed by atoms with van der Waals surface area (Å²) in [6.45, 7) is 7.61. The Morgan fingerprint density at radius 2 is 1.94 bits per heavy atom. The molecule has 17 heavy (non-hydrogen) atoms. The van der Waals surface area contributed by atoms with Crippen LogP contribution in [-0.2, 0) is 0 Å². The smallest absolute Gasteiger partial charge is 0.128 e. The minimum absolute atomic E-state index is 0. The molecule has 1 heterocycles. The molecule has 4 heteroatoms. The molecule has 2 nitrogen and oxygen atoms in total. The van der Waals surface area contributed by atoms with Crippen molar-refractivity contribution in [1.82, 2.24) is 10.2 Å². The average Bonchev–Trinajstić information content (AvgIpc) is 2.34. The molecule has 94 valence electrons. The number of hydrogen-bond acceptors (Lipinski definition) is 2. The molecule has 1 saturated heterocycles. The summed E-state index contributed by atoms with van der Waals surface area (Å²) in [7, 11) is 0. The van der Waals surface area contributed by atoms with Gasteiger partial charge in [-0.25, -0.2) is 4.39 Å². The summed E-state index contributed by atoms with van der Waals surface area (Å²) in [4.78, 5) is 2.25. The van der Waals surface area contributed by atoms with Crippen molar-refractivity contribution in [3.63, 3.8) is 0 Å². The molecule has 0 unspecified atom stereocenters. The molecule has 1 fully saturated rings. The molecular formula is C13H18ClFN2. The van der Waals surface area contributed by atoms with Crippen molar-refractivity contribution in [3.8, 4) is 0 Å². The highest BCUT2D eigenvalue weighted by molar-refractivity contribution is 5.85. The Morgan fingerprint density at radius 3 is 2.53 bits per heavy atom. The van der Waals surface area contributed by atoms with E-state index in [2.05, 4.69) is 16.8 Å². The summed E-state index contributed by atoms with van der Waals surface area (Å²) in [5.41, 5.74) is 0.722. The first kappa shape index (κ1) is 14.2. The van der Waals surface area contributed by atoms with E-state index in [0.717, 1.165) is 31.7 Å². The van der Waals surface area contributed by atoms with E-state index < -0.39 is 0 Å². The van der Waals surface area contributed by atoms with E-state index in [1.807, 2.05) is 18.2 Å². The Balaban J connectivity index is 0.00000144. The lowest BCUT2D eigenvalue weighted by Gasteiger charge is -2.33. The third-order valence-corrected chi connectivity index (χ3v) is 2.99. The molecule has 0 amide bonds. The van der Waals surface area contributed by atoms with E-state index in [-0.39, 0.29) is 24.3 Å². The predicted octanol–water partition coefficient (Wildman–Crippen LogP) is 2.38. The SMILES string of the molecule is C=C[C@H](c1ccccc1F)N1CCNCC1.Cl. The van der Waals surface area contributed by atoms with E-state index in [9.17, 15) is 4.39 Å². The quantitative estimate of drug-likeness (QED) is 0.836. The third kappa shape index (κ3) is 3.28. The second-order valence-electron chi connectivity index (χ2n) is 3.99. The first-order chi connectivity index (χ1) is 7.83. The van der Waals surface area contributed by atoms with Gasteiger partial charge >= 0.3 is 0 Å². The van der Waals surface area contributed by atoms with E-state index >= 15 is 0 Å². The number of hydrogen-bond donors (Lipinski definition) is 1. The Kier molecular flexibility index (Phi) is 5.62. The molecule has 0 aromatic heterocycles. The van der Waals surface area contributed by atoms with Crippen molar-refractivity contribution < 1.29 is 4.39 Å². The second-order valence-corrected chi connectivity index (χ2v) is 3.99. The molecule has 1 aliphatic rings. The first-order valence-corrected chi connectivity index (χ1v) is 5.64. The number of benzene rings is 1. The molecule has 1 aliphatic heterocycles. The highest BCUT2D eigenvalue weighted by Gasteiger charge is 2.21. The Hall–Kier alpha value is -0.900. The van der Waals surface area contributed by atoms with Gasteiger partial charge in [-0.1, -0.05) is 24.3 Å². The summed E-state index contributed by atoms with van der Waals surface area (Å²) >= 11 is 0. The topological polar surface area (TPSA) is 15.3 Å². The van der Waals surface area contributed by atoms with Crippen LogP contribution >= 0.6 is 12.4 Å². The molecule has 0 aliphatic carbocycles. The van der Waals surface area contributed by atoms with Gasteiger partial charge in [0.05, 0.1) is 6.04 Å². The number of nitrogens with zero attached hydrogens (tertiary/aromatic N) is 1. The highest BCUT2D eigenvalue weighted by Crippen LogP contribution is 2.24. The van der Waals surface area contributed by atoms with Crippen LogP contribution in [0, 0.1) is 5.82 Å². The van der Waals surface area contributed by atoms with Gasteiger partial charge in [0.25, 0.3) is 0 Å². The third-order valence-electron chi connectivity index (χ3n) is 2.99. The van der Waals surface area contributed by atoms with Gasteiger partial charge in [0, 0.05) is 31.7 Å². The van der Waals surface area contributed by atoms with Crippen molar-refractivity contribution in [1.29, 1.82) is 0 Å². The second kappa shape index (κ2) is 6.74. The van der Waals surface area contributed by atoms with Crippen molar-refractivity contribution in [2.24, 2.45) is 0 Å². The van der Waals surface area contributed by atoms with Gasteiger partial charge in [-0.2, -0.15) is 0 Å². The maximum Gasteiger partial charge on any atom is 0.128 e. The molecule has 0 bridgehead atoms. The van der Waals surface area contributed by atoms with Crippen LogP contribution in [0.5, 0.6) is 0 Å². The molecular weight excluding hydrogens is 239 g/mol. The van der Waals surface area contributed by atoms with Crippen LogP contribution in [0.4, 0.5) is 4.39 Å². The van der Waals surface area contributed by atoms with Crippen LogP contribution in [0.2, 0.25) is 0 Å². The molecule has 1 N–H and O–H groups in total. The minimum Gasteiger partial charge on any atom is -0.314 e. The predicted molar refractivity (Wildman–Crippen MR) is 71.0 cm³/mol. The molecule has 1 atom stereocenters. The maximum atomic E-state index is 13.7. The van der Waals surface area contributed by atoms with Crippen LogP contribution in [0.1, 0.15) is 11.6 Å². The zero-order chi connectivity index (χ0) is 11.4. The molecule has 2 rings (SSSR count). The van der Waals surface area contributed by atoms with Crippen molar-refractivity contribution in [2.45, 2.75) is 6.04 Å². The van der Waals surface area contributed by atoms with Gasteiger partial charge in [-0.05, 0) is 6.07 Å². The zero-order valence-electron chi connectivity index (χ0n) is 9.73. The lowest BCUT2D eigenvalue weighted by molar-refractivity contribution is 0.200. The van der Waals surface area contributed by atoms with Gasteiger partial charge < -0.3 is 5.32 Å². The van der Waals surface area contributed by atoms with Crippen LogP contribution in [0.15, 0.2) is 36.9 Å². The molecule has 0 saturated carbocycles. The fraction of sp³-hybridized carbons (Fsp3) is 0.385. The number of rotatable bonds is 3. The number of nitrogens with one attached hydrogen (secondary N) is 1. The monoisotopic (exact) mass is 256 g/mol. The highest BCUT2D eigenvalue weighted by atomic mass is 35.5. The fourth-order valence-corrected chi connectivity index (χ4v) is 2.15. The van der Waals surface area contributed by atoms with Crippen LogP contribution < -0.4 is 5.32 Å². The maximum absolute atomic E-state index is 13.7. The molecule has 0 radical (unpaired) electrons. The first-order valence-electron chi connectivity index (χ1n) is 5.64. The van der Waals surface area contributed by atoms with E-state index in [4.69, 9.17) is 0 Å². The lowest BCUT2D eigenvalue weighted by Crippen LogP contribution is -2.44. The van der Waals surface area contributed by atoms with Crippen molar-refractivity contribution in [2.75, 3.05) is 26.2 Å². The van der Waals surface area contributed by atoms with Gasteiger partial charge in [0.2, 0.25) is 0 Å². The Labute approximate surface area is 108 Å². The summed E-state index contributed by atoms with van der Waals surface area (Å²) in [6.07, 6.45) is 1.82. The van der Waals surface area contributed by atoms with Crippen LogP contribution in [0.25, 0.3) is 0 Å². The minimum atomic E-state index is -0.147. The number of piperazine rings is 1. The summed E-state index contributed by atoms with van der Waals surface area (Å²) in [5.74, 6) is -0.147. The van der Waals surface area contributed by atoms with E-state index in [1.54, 1.807) is 6.07 Å². The molecule has 1 aromatic carbocycles. The van der Waals surface area contributed by atoms with E-state index in [1.165, 1.54) is 6.07 Å². The van der Waals surface area contributed by atoms with Crippen molar-refractivity contribution in [3.05, 3.63) is 48.3 Å². The zero-order valence-corrected chi connectivity index (χ0v) is 10.5. The summed E-state index contributed by atoms with van der Waals surface area (Å²) < 4.78 is 13.7. The molecule has 0 spiro atoms. The van der Waals surface area contributed by atoms with Crippen LogP contribution in [0.3, 0.4) is 0 Å². The largest absolute Gasteiger partial charge is 0.314 e. The Bertz CT molecular complexity index is 364. The van der Waals surface area contributed by atoms with Gasteiger partial charge in [0.1, 0.15) is 5.82 Å². The Morgan fingerprint density at radius 1 is 1.29 bits per heavy atom. The lowest BCUT2D eigenvalue weighted by atomic mass is 10.0. The standard InChI is InChI=1S/C13H17FN2.ClH/c1-2-13(16-9-7-15-8-10-16)11-5-3-4-6-12(11)14;/h2-6,13,15H,1,7-10H2;1H/t13-;/m1./s1. The van der Waals surface area contributed by atoms with Crippen LogP contribution in [-0.4, -0.2) is 31.1 Å².